The summed E-state index contributed by atoms with van der Waals surface area (Å²) >= 11 is 5.83. The molecule has 3 rings (SSSR count). The molecule has 0 N–H and O–H groups in total. The van der Waals surface area contributed by atoms with Gasteiger partial charge in [-0.05, 0) is 47.7 Å². The summed E-state index contributed by atoms with van der Waals surface area (Å²) in [4.78, 5) is 14.3. The Balaban J connectivity index is 0.00000176. The molecule has 0 aliphatic carbocycles. The number of nitrogens with zero attached hydrogens (tertiary/aromatic N) is 1. The van der Waals surface area contributed by atoms with Crippen LogP contribution >= 0.6 is 24.0 Å². The zero-order valence-electron chi connectivity index (χ0n) is 12.0. The van der Waals surface area contributed by atoms with Gasteiger partial charge in [-0.2, -0.15) is 0 Å². The Bertz CT molecular complexity index is 680. The number of ketones is 1. The summed E-state index contributed by atoms with van der Waals surface area (Å²) in [6, 6.07) is 15.4. The molecule has 2 aromatic rings. The van der Waals surface area contributed by atoms with Crippen molar-refractivity contribution >= 4 is 35.9 Å². The minimum atomic E-state index is 0. The third kappa shape index (κ3) is 3.90. The fraction of sp³-hybridized carbons (Fsp3) is 0.167. The molecule has 0 fully saturated rings. The molecule has 0 aromatic heterocycles. The Morgan fingerprint density at radius 2 is 1.82 bits per heavy atom. The highest BCUT2D eigenvalue weighted by Crippen LogP contribution is 2.19. The molecule has 1 heterocycles. The van der Waals surface area contributed by atoms with Crippen molar-refractivity contribution in [2.24, 2.45) is 0 Å². The summed E-state index contributed by atoms with van der Waals surface area (Å²) in [5.41, 5.74) is 3.29. The van der Waals surface area contributed by atoms with E-state index >= 15 is 0 Å². The molecule has 2 nitrogen and oxygen atoms in total. The Labute approximate surface area is 141 Å². The minimum Gasteiger partial charge on any atom is -0.373 e. The van der Waals surface area contributed by atoms with E-state index in [1.54, 1.807) is 24.3 Å². The summed E-state index contributed by atoms with van der Waals surface area (Å²) < 4.78 is 0. The van der Waals surface area contributed by atoms with Crippen LogP contribution in [0.3, 0.4) is 0 Å². The normalized spacial score (nSPS) is 12.5. The third-order valence-electron chi connectivity index (χ3n) is 3.69. The van der Waals surface area contributed by atoms with Crippen LogP contribution < -0.4 is 0 Å². The summed E-state index contributed by atoms with van der Waals surface area (Å²) in [5, 5.41) is 0.655. The van der Waals surface area contributed by atoms with E-state index in [-0.39, 0.29) is 18.2 Å². The lowest BCUT2D eigenvalue weighted by Crippen LogP contribution is -2.23. The van der Waals surface area contributed by atoms with Crippen LogP contribution in [0.25, 0.3) is 6.08 Å². The van der Waals surface area contributed by atoms with E-state index in [1.807, 2.05) is 6.07 Å². The van der Waals surface area contributed by atoms with E-state index in [0.717, 1.165) is 18.7 Å². The zero-order valence-corrected chi connectivity index (χ0v) is 13.6. The zero-order chi connectivity index (χ0) is 14.7. The van der Waals surface area contributed by atoms with Gasteiger partial charge in [-0.25, -0.2) is 0 Å². The fourth-order valence-electron chi connectivity index (χ4n) is 2.48. The van der Waals surface area contributed by atoms with Gasteiger partial charge in [0, 0.05) is 30.1 Å². The third-order valence-corrected chi connectivity index (χ3v) is 3.94. The molecule has 0 spiro atoms. The van der Waals surface area contributed by atoms with Crippen molar-refractivity contribution in [1.29, 1.82) is 0 Å². The summed E-state index contributed by atoms with van der Waals surface area (Å²) in [6.45, 7) is 1.59. The molecule has 4 heteroatoms. The van der Waals surface area contributed by atoms with Crippen molar-refractivity contribution in [2.45, 2.75) is 13.0 Å². The average molecular weight is 334 g/mol. The van der Waals surface area contributed by atoms with Crippen molar-refractivity contribution in [3.8, 4) is 0 Å². The van der Waals surface area contributed by atoms with Crippen LogP contribution in [0.4, 0.5) is 0 Å². The number of carbonyl (C=O) groups is 1. The van der Waals surface area contributed by atoms with Gasteiger partial charge < -0.3 is 4.90 Å². The van der Waals surface area contributed by atoms with Crippen LogP contribution in [-0.4, -0.2) is 17.2 Å². The Morgan fingerprint density at radius 1 is 1.09 bits per heavy atom. The standard InChI is InChI=1S/C18H16ClNO.ClH/c19-17-7-5-15(6-8-17)18(21)10-12-20-11-9-14-3-1-2-4-16(14)13-20;/h1-9,11H,10,12-13H2;1H. The lowest BCUT2D eigenvalue weighted by molar-refractivity contribution is 0.0971. The van der Waals surface area contributed by atoms with Crippen LogP contribution in [0, 0.1) is 0 Å². The summed E-state index contributed by atoms with van der Waals surface area (Å²) in [6.07, 6.45) is 4.68. The number of carbonyl (C=O) groups excluding carboxylic acids is 1. The van der Waals surface area contributed by atoms with Crippen molar-refractivity contribution in [1.82, 2.24) is 4.90 Å². The second kappa shape index (κ2) is 7.48. The van der Waals surface area contributed by atoms with E-state index in [2.05, 4.69) is 35.4 Å². The topological polar surface area (TPSA) is 20.3 Å². The molecule has 2 aromatic carbocycles. The van der Waals surface area contributed by atoms with Crippen LogP contribution in [-0.2, 0) is 6.54 Å². The first-order valence-corrected chi connectivity index (χ1v) is 7.39. The number of hydrogen-bond donors (Lipinski definition) is 0. The number of rotatable bonds is 4. The highest BCUT2D eigenvalue weighted by atomic mass is 35.5. The van der Waals surface area contributed by atoms with Crippen LogP contribution in [0.15, 0.2) is 54.7 Å². The molecule has 0 atom stereocenters. The molecule has 0 saturated carbocycles. The molecule has 0 radical (unpaired) electrons. The molecule has 0 saturated heterocycles. The van der Waals surface area contributed by atoms with Gasteiger partial charge in [0.05, 0.1) is 0 Å². The Kier molecular flexibility index (Phi) is 5.64. The molecule has 1 aliphatic heterocycles. The predicted octanol–water partition coefficient (Wildman–Crippen LogP) is 4.82. The van der Waals surface area contributed by atoms with Crippen molar-refractivity contribution < 1.29 is 4.79 Å². The molecule has 22 heavy (non-hydrogen) atoms. The van der Waals surface area contributed by atoms with E-state index in [0.29, 0.717) is 11.4 Å². The lowest BCUT2D eigenvalue weighted by Gasteiger charge is -2.25. The maximum Gasteiger partial charge on any atom is 0.164 e. The molecule has 0 bridgehead atoms. The van der Waals surface area contributed by atoms with Gasteiger partial charge in [0.15, 0.2) is 5.78 Å². The first-order chi connectivity index (χ1) is 10.2. The van der Waals surface area contributed by atoms with Gasteiger partial charge in [-0.1, -0.05) is 35.9 Å². The first-order valence-electron chi connectivity index (χ1n) is 7.01. The number of Topliss-reactive ketones (excluding diaryl/α,β-unsaturated/α-hetero) is 1. The second-order valence-corrected chi connectivity index (χ2v) is 5.60. The smallest absolute Gasteiger partial charge is 0.164 e. The van der Waals surface area contributed by atoms with Crippen molar-refractivity contribution in [3.05, 3.63) is 76.4 Å². The molecule has 114 valence electrons. The average Bonchev–Trinajstić information content (AvgIpc) is 2.53. The van der Waals surface area contributed by atoms with Crippen LogP contribution in [0.5, 0.6) is 0 Å². The highest BCUT2D eigenvalue weighted by Gasteiger charge is 2.12. The maximum atomic E-state index is 12.2. The highest BCUT2D eigenvalue weighted by molar-refractivity contribution is 6.30. The number of fused-ring (bicyclic) bond motifs is 1. The van der Waals surface area contributed by atoms with E-state index in [9.17, 15) is 4.79 Å². The molecule has 0 unspecified atom stereocenters. The maximum absolute atomic E-state index is 12.2. The largest absolute Gasteiger partial charge is 0.373 e. The minimum absolute atomic E-state index is 0. The number of hydrogen-bond acceptors (Lipinski definition) is 2. The van der Waals surface area contributed by atoms with Gasteiger partial charge >= 0.3 is 0 Å². The number of benzene rings is 2. The molecular weight excluding hydrogens is 317 g/mol. The van der Waals surface area contributed by atoms with Crippen molar-refractivity contribution in [2.75, 3.05) is 6.54 Å². The van der Waals surface area contributed by atoms with Gasteiger partial charge in [0.2, 0.25) is 0 Å². The molecule has 1 aliphatic rings. The van der Waals surface area contributed by atoms with Gasteiger partial charge in [0.1, 0.15) is 0 Å². The molecule has 0 amide bonds. The quantitative estimate of drug-likeness (QED) is 0.747. The van der Waals surface area contributed by atoms with Gasteiger partial charge in [-0.15, -0.1) is 12.4 Å². The van der Waals surface area contributed by atoms with E-state index < -0.39 is 0 Å². The van der Waals surface area contributed by atoms with E-state index in [4.69, 9.17) is 11.6 Å². The monoisotopic (exact) mass is 333 g/mol. The Hall–Kier alpha value is -1.77. The first kappa shape index (κ1) is 16.6. The predicted molar refractivity (Wildman–Crippen MR) is 93.5 cm³/mol. The Morgan fingerprint density at radius 3 is 2.59 bits per heavy atom. The lowest BCUT2D eigenvalue weighted by atomic mass is 10.0. The second-order valence-electron chi connectivity index (χ2n) is 5.17. The number of halogens is 2. The SMILES string of the molecule is Cl.O=C(CCN1C=Cc2ccccc2C1)c1ccc(Cl)cc1. The van der Waals surface area contributed by atoms with E-state index in [1.165, 1.54) is 11.1 Å². The summed E-state index contributed by atoms with van der Waals surface area (Å²) in [5.74, 6) is 0.152. The van der Waals surface area contributed by atoms with Crippen LogP contribution in [0.2, 0.25) is 5.02 Å². The van der Waals surface area contributed by atoms with Gasteiger partial charge in [0.25, 0.3) is 0 Å². The van der Waals surface area contributed by atoms with Gasteiger partial charge in [-0.3, -0.25) is 4.79 Å². The van der Waals surface area contributed by atoms with Crippen LogP contribution in [0.1, 0.15) is 27.9 Å². The summed E-state index contributed by atoms with van der Waals surface area (Å²) in [7, 11) is 0. The van der Waals surface area contributed by atoms with Crippen molar-refractivity contribution in [3.63, 3.8) is 0 Å². The fourth-order valence-corrected chi connectivity index (χ4v) is 2.60. The molecular formula is C18H17Cl2NO.